The fraction of sp³-hybridized carbons (Fsp3) is 0.222. The summed E-state index contributed by atoms with van der Waals surface area (Å²) in [7, 11) is 1.52. The third kappa shape index (κ3) is 5.66. The highest BCUT2D eigenvalue weighted by molar-refractivity contribution is 9.10. The summed E-state index contributed by atoms with van der Waals surface area (Å²) in [6.07, 6.45) is 1.38. The fourth-order valence-electron chi connectivity index (χ4n) is 2.16. The average Bonchev–Trinajstić information content (AvgIpc) is 2.66. The molecule has 1 aromatic carbocycles. The van der Waals surface area contributed by atoms with Gasteiger partial charge in [-0.15, -0.1) is 0 Å². The molecule has 0 fully saturated rings. The minimum atomic E-state index is -0.527. The first-order valence-electron chi connectivity index (χ1n) is 7.85. The Balaban J connectivity index is 2.04. The number of pyridine rings is 1. The molecule has 0 radical (unpaired) electrons. The van der Waals surface area contributed by atoms with Crippen molar-refractivity contribution in [3.63, 3.8) is 0 Å². The minimum absolute atomic E-state index is 0.0510. The van der Waals surface area contributed by atoms with E-state index < -0.39 is 5.91 Å². The summed E-state index contributed by atoms with van der Waals surface area (Å²) >= 11 is 15.2. The summed E-state index contributed by atoms with van der Waals surface area (Å²) in [5.41, 5.74) is 4.31. The van der Waals surface area contributed by atoms with Crippen molar-refractivity contribution < 1.29 is 14.3 Å². The summed E-state index contributed by atoms with van der Waals surface area (Å²) in [4.78, 5) is 16.2. The van der Waals surface area contributed by atoms with Crippen LogP contribution in [0.1, 0.15) is 22.4 Å². The van der Waals surface area contributed by atoms with Crippen LogP contribution in [0.15, 0.2) is 27.8 Å². The monoisotopic (exact) mass is 484 g/mol. The van der Waals surface area contributed by atoms with Crippen LogP contribution in [0.3, 0.4) is 0 Å². The Morgan fingerprint density at radius 2 is 2.21 bits per heavy atom. The number of rotatable bonds is 7. The lowest BCUT2D eigenvalue weighted by atomic mass is 10.1. The zero-order valence-corrected chi connectivity index (χ0v) is 18.0. The molecule has 1 heterocycles. The minimum Gasteiger partial charge on any atom is -0.467 e. The standard InChI is InChI=1S/C18H15BrCl2N4O3/c1-10-17(19)14(8-27-2)13(6-22)18(24-10)28-9-16(26)25-23-7-11-3-4-12(20)5-15(11)21/h3-5,7H,8-9H2,1-2H3,(H,25,26)/b23-7+. The van der Waals surface area contributed by atoms with Gasteiger partial charge in [0.1, 0.15) is 11.6 Å². The van der Waals surface area contributed by atoms with E-state index in [-0.39, 0.29) is 24.7 Å². The van der Waals surface area contributed by atoms with Crippen molar-refractivity contribution in [3.8, 4) is 11.9 Å². The molecule has 2 aromatic rings. The fourth-order valence-corrected chi connectivity index (χ4v) is 3.02. The van der Waals surface area contributed by atoms with E-state index in [2.05, 4.69) is 31.4 Å². The number of hydrogen-bond acceptors (Lipinski definition) is 6. The topological polar surface area (TPSA) is 96.6 Å². The van der Waals surface area contributed by atoms with E-state index in [0.29, 0.717) is 31.3 Å². The molecule has 0 saturated carbocycles. The highest BCUT2D eigenvalue weighted by Crippen LogP contribution is 2.29. The molecule has 7 nitrogen and oxygen atoms in total. The molecule has 0 atom stereocenters. The van der Waals surface area contributed by atoms with Gasteiger partial charge in [-0.25, -0.2) is 10.4 Å². The number of nitrogens with zero attached hydrogens (tertiary/aromatic N) is 3. The van der Waals surface area contributed by atoms with E-state index in [0.717, 1.165) is 0 Å². The quantitative estimate of drug-likeness (QED) is 0.472. The van der Waals surface area contributed by atoms with Crippen molar-refractivity contribution >= 4 is 51.3 Å². The van der Waals surface area contributed by atoms with Crippen molar-refractivity contribution in [3.05, 3.63) is 55.1 Å². The van der Waals surface area contributed by atoms with Crippen molar-refractivity contribution in [2.24, 2.45) is 5.10 Å². The van der Waals surface area contributed by atoms with Crippen LogP contribution in [-0.4, -0.2) is 30.8 Å². The molecule has 0 unspecified atom stereocenters. The van der Waals surface area contributed by atoms with Gasteiger partial charge in [0, 0.05) is 27.7 Å². The highest BCUT2D eigenvalue weighted by atomic mass is 79.9. The summed E-state index contributed by atoms with van der Waals surface area (Å²) in [6, 6.07) is 6.92. The van der Waals surface area contributed by atoms with Crippen molar-refractivity contribution in [2.75, 3.05) is 13.7 Å². The van der Waals surface area contributed by atoms with Gasteiger partial charge < -0.3 is 9.47 Å². The first kappa shape index (κ1) is 22.1. The molecule has 2 rings (SSSR count). The number of hydrogen-bond donors (Lipinski definition) is 1. The smallest absolute Gasteiger partial charge is 0.278 e. The maximum absolute atomic E-state index is 12.0. The largest absolute Gasteiger partial charge is 0.467 e. The lowest BCUT2D eigenvalue weighted by molar-refractivity contribution is -0.123. The van der Waals surface area contributed by atoms with E-state index in [1.54, 1.807) is 25.1 Å². The predicted octanol–water partition coefficient (Wildman–Crippen LogP) is 4.01. The molecule has 0 spiro atoms. The summed E-state index contributed by atoms with van der Waals surface area (Å²) in [6.45, 7) is 1.57. The maximum atomic E-state index is 12.0. The third-order valence-electron chi connectivity index (χ3n) is 3.46. The highest BCUT2D eigenvalue weighted by Gasteiger charge is 2.18. The van der Waals surface area contributed by atoms with Gasteiger partial charge in [-0.1, -0.05) is 29.3 Å². The first-order chi connectivity index (χ1) is 13.4. The molecule has 0 aliphatic heterocycles. The molecule has 0 bridgehead atoms. The van der Waals surface area contributed by atoms with Gasteiger partial charge in [-0.05, 0) is 35.0 Å². The Morgan fingerprint density at radius 1 is 1.46 bits per heavy atom. The molecule has 1 amide bonds. The lowest BCUT2D eigenvalue weighted by Gasteiger charge is -2.13. The summed E-state index contributed by atoms with van der Waals surface area (Å²) < 4.78 is 11.2. The second-order valence-corrected chi connectivity index (χ2v) is 7.10. The molecular weight excluding hydrogens is 471 g/mol. The molecular formula is C18H15BrCl2N4O3. The van der Waals surface area contributed by atoms with Gasteiger partial charge in [0.15, 0.2) is 6.61 Å². The number of nitrogens with one attached hydrogen (secondary N) is 1. The second kappa shape index (κ2) is 10.4. The third-order valence-corrected chi connectivity index (χ3v) is 5.08. The number of hydrazone groups is 1. The van der Waals surface area contributed by atoms with Crippen LogP contribution in [0.2, 0.25) is 10.0 Å². The normalized spacial score (nSPS) is 10.7. The number of nitriles is 1. The van der Waals surface area contributed by atoms with E-state index >= 15 is 0 Å². The Labute approximate surface area is 180 Å². The van der Waals surface area contributed by atoms with E-state index in [1.807, 2.05) is 6.07 Å². The van der Waals surface area contributed by atoms with Crippen molar-refractivity contribution in [1.29, 1.82) is 5.26 Å². The Hall–Kier alpha value is -2.18. The number of ether oxygens (including phenoxy) is 2. The number of aryl methyl sites for hydroxylation is 1. The Bertz CT molecular complexity index is 961. The van der Waals surface area contributed by atoms with Crippen molar-refractivity contribution in [1.82, 2.24) is 10.4 Å². The number of halogens is 3. The Morgan fingerprint density at radius 3 is 2.86 bits per heavy atom. The predicted molar refractivity (Wildman–Crippen MR) is 110 cm³/mol. The van der Waals surface area contributed by atoms with Gasteiger partial charge in [-0.2, -0.15) is 10.4 Å². The zero-order valence-electron chi connectivity index (χ0n) is 14.9. The summed E-state index contributed by atoms with van der Waals surface area (Å²) in [5.74, 6) is -0.476. The number of carbonyl (C=O) groups is 1. The van der Waals surface area contributed by atoms with Crippen LogP contribution in [-0.2, 0) is 16.1 Å². The number of aromatic nitrogens is 1. The second-order valence-electron chi connectivity index (χ2n) is 5.46. The molecule has 0 aliphatic rings. The number of methoxy groups -OCH3 is 1. The number of amides is 1. The molecule has 1 aromatic heterocycles. The molecule has 1 N–H and O–H groups in total. The lowest BCUT2D eigenvalue weighted by Crippen LogP contribution is -2.25. The average molecular weight is 486 g/mol. The van der Waals surface area contributed by atoms with E-state index in [9.17, 15) is 10.1 Å². The van der Waals surface area contributed by atoms with Crippen LogP contribution >= 0.6 is 39.1 Å². The van der Waals surface area contributed by atoms with Gasteiger partial charge in [-0.3, -0.25) is 4.79 Å². The van der Waals surface area contributed by atoms with Crippen LogP contribution in [0.25, 0.3) is 0 Å². The maximum Gasteiger partial charge on any atom is 0.278 e. The SMILES string of the molecule is COCc1c(Br)c(C)nc(OCC(=O)N/N=C/c2ccc(Cl)cc2Cl)c1C#N. The summed E-state index contributed by atoms with van der Waals surface area (Å²) in [5, 5.41) is 14.1. The number of carbonyl (C=O) groups excluding carboxylic acids is 1. The van der Waals surface area contributed by atoms with E-state index in [4.69, 9.17) is 32.7 Å². The zero-order chi connectivity index (χ0) is 20.7. The molecule has 146 valence electrons. The van der Waals surface area contributed by atoms with Crippen molar-refractivity contribution in [2.45, 2.75) is 13.5 Å². The molecule has 28 heavy (non-hydrogen) atoms. The van der Waals surface area contributed by atoms with Crippen LogP contribution in [0.4, 0.5) is 0 Å². The van der Waals surface area contributed by atoms with Gasteiger partial charge >= 0.3 is 0 Å². The number of benzene rings is 1. The molecule has 0 saturated heterocycles. The van der Waals surface area contributed by atoms with Crippen LogP contribution in [0, 0.1) is 18.3 Å². The molecule has 10 heteroatoms. The first-order valence-corrected chi connectivity index (χ1v) is 9.40. The van der Waals surface area contributed by atoms with E-state index in [1.165, 1.54) is 13.3 Å². The van der Waals surface area contributed by atoms with Crippen LogP contribution < -0.4 is 10.2 Å². The molecule has 0 aliphatic carbocycles. The van der Waals surface area contributed by atoms with Crippen LogP contribution in [0.5, 0.6) is 5.88 Å². The van der Waals surface area contributed by atoms with Gasteiger partial charge in [0.25, 0.3) is 5.91 Å². The Kier molecular flexibility index (Phi) is 8.20. The van der Waals surface area contributed by atoms with Gasteiger partial charge in [0.2, 0.25) is 5.88 Å². The van der Waals surface area contributed by atoms with Gasteiger partial charge in [0.05, 0.1) is 23.5 Å².